The van der Waals surface area contributed by atoms with Crippen molar-refractivity contribution in [3.63, 3.8) is 0 Å². The maximum atomic E-state index is 13.3. The Morgan fingerprint density at radius 2 is 2.04 bits per heavy atom. The van der Waals surface area contributed by atoms with Crippen LogP contribution in [-0.2, 0) is 4.79 Å². The number of nitrogens with zero attached hydrogens (tertiary/aromatic N) is 3. The first kappa shape index (κ1) is 19.0. The van der Waals surface area contributed by atoms with Crippen LogP contribution in [0.15, 0.2) is 18.2 Å². The van der Waals surface area contributed by atoms with E-state index in [4.69, 9.17) is 0 Å². The van der Waals surface area contributed by atoms with Gasteiger partial charge in [0.25, 0.3) is 5.91 Å². The van der Waals surface area contributed by atoms with Crippen molar-refractivity contribution in [2.75, 3.05) is 26.2 Å². The molecule has 0 aliphatic carbocycles. The second-order valence-corrected chi connectivity index (χ2v) is 9.77. The summed E-state index contributed by atoms with van der Waals surface area (Å²) in [5.41, 5.74) is 2.09. The lowest BCUT2D eigenvalue weighted by molar-refractivity contribution is -0.146. The van der Waals surface area contributed by atoms with Crippen LogP contribution in [0.3, 0.4) is 0 Å². The van der Waals surface area contributed by atoms with Crippen LogP contribution in [0.2, 0.25) is 0 Å². The minimum atomic E-state index is -0.415. The van der Waals surface area contributed by atoms with Crippen molar-refractivity contribution in [1.29, 1.82) is 0 Å². The van der Waals surface area contributed by atoms with E-state index in [1.165, 1.54) is 0 Å². The topological polar surface area (TPSA) is 69.3 Å². The molecule has 28 heavy (non-hydrogen) atoms. The number of nitrogens with one attached hydrogen (secondary N) is 1. The van der Waals surface area contributed by atoms with Gasteiger partial charge in [0.15, 0.2) is 5.69 Å². The second-order valence-electron chi connectivity index (χ2n) is 9.77. The van der Waals surface area contributed by atoms with Crippen LogP contribution in [0.1, 0.15) is 56.1 Å². The lowest BCUT2D eigenvalue weighted by atomic mass is 9.77. The maximum Gasteiger partial charge on any atom is 0.275 e. The van der Waals surface area contributed by atoms with Gasteiger partial charge >= 0.3 is 0 Å². The van der Waals surface area contributed by atoms with Crippen molar-refractivity contribution in [1.82, 2.24) is 20.0 Å². The number of aromatic amines is 1. The third-order valence-electron chi connectivity index (χ3n) is 6.05. The molecule has 2 saturated heterocycles. The highest BCUT2D eigenvalue weighted by Gasteiger charge is 2.50. The molecule has 2 amide bonds. The largest absolute Gasteiger partial charge is 0.342 e. The molecule has 0 bridgehead atoms. The van der Waals surface area contributed by atoms with Crippen molar-refractivity contribution < 1.29 is 9.59 Å². The van der Waals surface area contributed by atoms with Gasteiger partial charge in [-0.3, -0.25) is 14.7 Å². The summed E-state index contributed by atoms with van der Waals surface area (Å²) in [6, 6.07) is 5.95. The average Bonchev–Trinajstić information content (AvgIpc) is 3.22. The van der Waals surface area contributed by atoms with Gasteiger partial charge in [-0.05, 0) is 43.7 Å². The predicted molar refractivity (Wildman–Crippen MR) is 109 cm³/mol. The van der Waals surface area contributed by atoms with Crippen LogP contribution in [0.4, 0.5) is 0 Å². The third-order valence-corrected chi connectivity index (χ3v) is 6.05. The van der Waals surface area contributed by atoms with Gasteiger partial charge in [0.05, 0.1) is 10.9 Å². The summed E-state index contributed by atoms with van der Waals surface area (Å²) in [5, 5.41) is 8.10. The summed E-state index contributed by atoms with van der Waals surface area (Å²) in [6.45, 7) is 11.2. The van der Waals surface area contributed by atoms with Crippen LogP contribution in [0.5, 0.6) is 0 Å². The van der Waals surface area contributed by atoms with Gasteiger partial charge in [-0.15, -0.1) is 0 Å². The Balaban J connectivity index is 1.55. The number of hydrogen-bond acceptors (Lipinski definition) is 3. The molecule has 1 aromatic carbocycles. The Bertz CT molecular complexity index is 926. The van der Waals surface area contributed by atoms with Gasteiger partial charge in [-0.25, -0.2) is 0 Å². The third kappa shape index (κ3) is 3.29. The molecule has 0 saturated carbocycles. The number of likely N-dealkylation sites (tertiary alicyclic amines) is 2. The number of aromatic nitrogens is 2. The number of rotatable bonds is 2. The highest BCUT2D eigenvalue weighted by Crippen LogP contribution is 2.41. The Kier molecular flexibility index (Phi) is 4.47. The molecular formula is C22H30N4O2. The first-order valence-electron chi connectivity index (χ1n) is 10.2. The van der Waals surface area contributed by atoms with Gasteiger partial charge in [-0.2, -0.15) is 5.10 Å². The first-order valence-corrected chi connectivity index (χ1v) is 10.2. The Labute approximate surface area is 166 Å². The van der Waals surface area contributed by atoms with E-state index in [1.54, 1.807) is 0 Å². The number of fused-ring (bicyclic) bond motifs is 1. The van der Waals surface area contributed by atoms with E-state index in [0.717, 1.165) is 48.8 Å². The lowest BCUT2D eigenvalue weighted by Crippen LogP contribution is -2.52. The van der Waals surface area contributed by atoms with Gasteiger partial charge < -0.3 is 9.80 Å². The molecule has 150 valence electrons. The van der Waals surface area contributed by atoms with Gasteiger partial charge in [0.1, 0.15) is 0 Å². The van der Waals surface area contributed by atoms with Crippen LogP contribution in [0, 0.1) is 17.8 Å². The monoisotopic (exact) mass is 382 g/mol. The SMILES string of the molecule is Cc1ccc2[nH]nc(C(=O)N3CCC4(CCCN(CC(C)(C)C)C4=O)C3)c2c1. The van der Waals surface area contributed by atoms with Crippen LogP contribution in [-0.4, -0.2) is 58.0 Å². The number of carbonyl (C=O) groups excluding carboxylic acids is 2. The quantitative estimate of drug-likeness (QED) is 0.866. The molecule has 6 heteroatoms. The van der Waals surface area contributed by atoms with Crippen molar-refractivity contribution in [3.8, 4) is 0 Å². The molecule has 1 spiro atoms. The summed E-state index contributed by atoms with van der Waals surface area (Å²) in [4.78, 5) is 30.3. The molecule has 2 aliphatic heterocycles. The average molecular weight is 383 g/mol. The molecule has 4 rings (SSSR count). The summed E-state index contributed by atoms with van der Waals surface area (Å²) >= 11 is 0. The highest BCUT2D eigenvalue weighted by molar-refractivity contribution is 6.05. The summed E-state index contributed by atoms with van der Waals surface area (Å²) < 4.78 is 0. The van der Waals surface area contributed by atoms with E-state index in [1.807, 2.05) is 34.9 Å². The number of piperidine rings is 1. The van der Waals surface area contributed by atoms with E-state index < -0.39 is 5.41 Å². The fourth-order valence-corrected chi connectivity index (χ4v) is 4.74. The zero-order valence-corrected chi connectivity index (χ0v) is 17.3. The van der Waals surface area contributed by atoms with Crippen LogP contribution < -0.4 is 0 Å². The Morgan fingerprint density at radius 1 is 1.25 bits per heavy atom. The molecule has 3 heterocycles. The zero-order valence-electron chi connectivity index (χ0n) is 17.3. The smallest absolute Gasteiger partial charge is 0.275 e. The number of benzene rings is 1. The van der Waals surface area contributed by atoms with Crippen LogP contribution >= 0.6 is 0 Å². The molecule has 1 N–H and O–H groups in total. The maximum absolute atomic E-state index is 13.3. The minimum Gasteiger partial charge on any atom is -0.342 e. The number of carbonyl (C=O) groups is 2. The van der Waals surface area contributed by atoms with Crippen molar-refractivity contribution in [3.05, 3.63) is 29.5 Å². The molecule has 6 nitrogen and oxygen atoms in total. The summed E-state index contributed by atoms with van der Waals surface area (Å²) in [5.74, 6) is 0.154. The number of amides is 2. The highest BCUT2D eigenvalue weighted by atomic mass is 16.2. The molecule has 1 aromatic heterocycles. The van der Waals surface area contributed by atoms with Gasteiger partial charge in [-0.1, -0.05) is 32.4 Å². The predicted octanol–water partition coefficient (Wildman–Crippen LogP) is 3.37. The Hall–Kier alpha value is -2.37. The van der Waals surface area contributed by atoms with Gasteiger partial charge in [0, 0.05) is 31.6 Å². The molecular weight excluding hydrogens is 352 g/mol. The number of H-pyrrole nitrogens is 1. The summed E-state index contributed by atoms with van der Waals surface area (Å²) in [7, 11) is 0. The van der Waals surface area contributed by atoms with Crippen LogP contribution in [0.25, 0.3) is 10.9 Å². The normalized spacial score (nSPS) is 23.2. The number of hydrogen-bond donors (Lipinski definition) is 1. The van der Waals surface area contributed by atoms with E-state index in [0.29, 0.717) is 18.8 Å². The second kappa shape index (κ2) is 6.61. The minimum absolute atomic E-state index is 0.0746. The first-order chi connectivity index (χ1) is 13.2. The van der Waals surface area contributed by atoms with Crippen molar-refractivity contribution >= 4 is 22.7 Å². The fraction of sp³-hybridized carbons (Fsp3) is 0.591. The molecule has 1 atom stereocenters. The lowest BCUT2D eigenvalue weighted by Gasteiger charge is -2.41. The van der Waals surface area contributed by atoms with Crippen molar-refractivity contribution in [2.24, 2.45) is 10.8 Å². The summed E-state index contributed by atoms with van der Waals surface area (Å²) in [6.07, 6.45) is 2.63. The molecule has 2 fully saturated rings. The van der Waals surface area contributed by atoms with E-state index in [-0.39, 0.29) is 17.2 Å². The van der Waals surface area contributed by atoms with Crippen molar-refractivity contribution in [2.45, 2.75) is 47.0 Å². The standard InChI is InChI=1S/C22H30N4O2/c1-15-6-7-17-16(12-15)18(24-23-17)19(27)25-11-9-22(14-25)8-5-10-26(20(22)28)13-21(2,3)4/h6-7,12H,5,8-11,13-14H2,1-4H3,(H,23,24). The molecule has 2 aliphatic rings. The molecule has 0 radical (unpaired) electrons. The molecule has 1 unspecified atom stereocenters. The van der Waals surface area contributed by atoms with E-state index in [2.05, 4.69) is 31.0 Å². The van der Waals surface area contributed by atoms with Gasteiger partial charge in [0.2, 0.25) is 5.91 Å². The van der Waals surface area contributed by atoms with E-state index in [9.17, 15) is 9.59 Å². The zero-order chi connectivity index (χ0) is 20.1. The fourth-order valence-electron chi connectivity index (χ4n) is 4.74. The van der Waals surface area contributed by atoms with E-state index >= 15 is 0 Å². The number of aryl methyl sites for hydroxylation is 1. The molecule has 2 aromatic rings. The Morgan fingerprint density at radius 3 is 2.79 bits per heavy atom.